The zero-order chi connectivity index (χ0) is 11.0. The average molecular weight is 226 g/mol. The maximum Gasteiger partial charge on any atom is 0.00858 e. The minimum Gasteiger partial charge on any atom is -0.175 e. The highest BCUT2D eigenvalue weighted by atomic mass is 32.1. The standard InChI is InChI=1S/C15H14S/c16-10-2-4-11-6-7-13-9-8-12-3-1-5-14(11)15(12)13/h1-7,16H,8-10H2. The van der Waals surface area contributed by atoms with Gasteiger partial charge < -0.3 is 0 Å². The van der Waals surface area contributed by atoms with Gasteiger partial charge in [0.25, 0.3) is 0 Å². The molecule has 0 aliphatic heterocycles. The van der Waals surface area contributed by atoms with E-state index < -0.39 is 0 Å². The fourth-order valence-electron chi connectivity index (χ4n) is 2.59. The molecule has 0 heterocycles. The Hall–Kier alpha value is -1.21. The van der Waals surface area contributed by atoms with Gasteiger partial charge in [0.2, 0.25) is 0 Å². The van der Waals surface area contributed by atoms with E-state index in [1.807, 2.05) is 0 Å². The van der Waals surface area contributed by atoms with Crippen LogP contribution in [-0.4, -0.2) is 5.75 Å². The molecule has 1 heteroatoms. The molecule has 2 aromatic rings. The first-order chi connectivity index (χ1) is 7.90. The molecule has 0 N–H and O–H groups in total. The highest BCUT2D eigenvalue weighted by molar-refractivity contribution is 7.80. The average Bonchev–Trinajstić information content (AvgIpc) is 2.74. The zero-order valence-electron chi connectivity index (χ0n) is 9.11. The third kappa shape index (κ3) is 1.47. The number of benzene rings is 2. The Balaban J connectivity index is 2.29. The van der Waals surface area contributed by atoms with Crippen molar-refractivity contribution in [2.45, 2.75) is 12.8 Å². The summed E-state index contributed by atoms with van der Waals surface area (Å²) in [6.07, 6.45) is 6.68. The quantitative estimate of drug-likeness (QED) is 0.738. The van der Waals surface area contributed by atoms with Gasteiger partial charge in [-0.25, -0.2) is 0 Å². The third-order valence-electron chi connectivity index (χ3n) is 3.31. The number of rotatable bonds is 2. The van der Waals surface area contributed by atoms with Crippen LogP contribution in [0.3, 0.4) is 0 Å². The van der Waals surface area contributed by atoms with Crippen LogP contribution in [-0.2, 0) is 12.8 Å². The lowest BCUT2D eigenvalue weighted by Gasteiger charge is -2.05. The van der Waals surface area contributed by atoms with Crippen LogP contribution in [0.1, 0.15) is 16.7 Å². The molecule has 0 aromatic heterocycles. The summed E-state index contributed by atoms with van der Waals surface area (Å²) in [6.45, 7) is 0. The molecule has 0 unspecified atom stereocenters. The highest BCUT2D eigenvalue weighted by Gasteiger charge is 2.14. The van der Waals surface area contributed by atoms with Crippen LogP contribution in [0, 0.1) is 0 Å². The van der Waals surface area contributed by atoms with Crippen LogP contribution in [0.4, 0.5) is 0 Å². The van der Waals surface area contributed by atoms with Gasteiger partial charge in [-0.1, -0.05) is 42.5 Å². The summed E-state index contributed by atoms with van der Waals surface area (Å²) in [5.74, 6) is 0.795. The second-order valence-corrected chi connectivity index (χ2v) is 4.60. The monoisotopic (exact) mass is 226 g/mol. The summed E-state index contributed by atoms with van der Waals surface area (Å²) in [6, 6.07) is 11.2. The van der Waals surface area contributed by atoms with Crippen molar-refractivity contribution in [1.82, 2.24) is 0 Å². The fourth-order valence-corrected chi connectivity index (χ4v) is 2.70. The Kier molecular flexibility index (Phi) is 2.49. The van der Waals surface area contributed by atoms with E-state index in [4.69, 9.17) is 0 Å². The van der Waals surface area contributed by atoms with Crippen LogP contribution in [0.5, 0.6) is 0 Å². The summed E-state index contributed by atoms with van der Waals surface area (Å²) in [5, 5.41) is 2.88. The van der Waals surface area contributed by atoms with Gasteiger partial charge in [-0.15, -0.1) is 0 Å². The molecule has 80 valence electrons. The normalized spacial score (nSPS) is 14.1. The number of thiol groups is 1. The van der Waals surface area contributed by atoms with E-state index in [9.17, 15) is 0 Å². The Bertz CT molecular complexity index is 557. The van der Waals surface area contributed by atoms with Gasteiger partial charge in [-0.3, -0.25) is 0 Å². The van der Waals surface area contributed by atoms with Gasteiger partial charge in [0.15, 0.2) is 0 Å². The summed E-state index contributed by atoms with van der Waals surface area (Å²) in [4.78, 5) is 0. The molecule has 0 saturated heterocycles. The molecule has 1 aliphatic rings. The lowest BCUT2D eigenvalue weighted by Crippen LogP contribution is -1.82. The number of hydrogen-bond acceptors (Lipinski definition) is 1. The summed E-state index contributed by atoms with van der Waals surface area (Å²) < 4.78 is 0. The van der Waals surface area contributed by atoms with Gasteiger partial charge in [0.1, 0.15) is 0 Å². The van der Waals surface area contributed by atoms with Gasteiger partial charge >= 0.3 is 0 Å². The first-order valence-electron chi connectivity index (χ1n) is 5.71. The largest absolute Gasteiger partial charge is 0.175 e. The van der Waals surface area contributed by atoms with Crippen molar-refractivity contribution in [3.63, 3.8) is 0 Å². The molecule has 0 spiro atoms. The van der Waals surface area contributed by atoms with E-state index in [2.05, 4.69) is 55.1 Å². The van der Waals surface area contributed by atoms with E-state index >= 15 is 0 Å². The van der Waals surface area contributed by atoms with Crippen LogP contribution in [0.15, 0.2) is 36.4 Å². The molecular weight excluding hydrogens is 212 g/mol. The molecule has 0 nitrogen and oxygen atoms in total. The Labute approximate surface area is 101 Å². The summed E-state index contributed by atoms with van der Waals surface area (Å²) >= 11 is 4.21. The molecule has 0 bridgehead atoms. The molecule has 1 aliphatic carbocycles. The highest BCUT2D eigenvalue weighted by Crippen LogP contribution is 2.33. The zero-order valence-corrected chi connectivity index (χ0v) is 10.0. The maximum absolute atomic E-state index is 4.21. The van der Waals surface area contributed by atoms with Gasteiger partial charge in [0.05, 0.1) is 0 Å². The van der Waals surface area contributed by atoms with Crippen molar-refractivity contribution in [1.29, 1.82) is 0 Å². The molecular formula is C15H14S. The van der Waals surface area contributed by atoms with Crippen LogP contribution >= 0.6 is 12.6 Å². The number of aryl methyl sites for hydroxylation is 2. The van der Waals surface area contributed by atoms with Crippen LogP contribution in [0.2, 0.25) is 0 Å². The fraction of sp³-hybridized carbons (Fsp3) is 0.200. The molecule has 0 radical (unpaired) electrons. The first-order valence-corrected chi connectivity index (χ1v) is 6.34. The number of hydrogen-bond donors (Lipinski definition) is 1. The second kappa shape index (κ2) is 3.99. The molecule has 0 saturated carbocycles. The minimum absolute atomic E-state index is 0.795. The third-order valence-corrected chi connectivity index (χ3v) is 3.52. The Morgan fingerprint density at radius 1 is 1.06 bits per heavy atom. The molecule has 16 heavy (non-hydrogen) atoms. The smallest absolute Gasteiger partial charge is 0.00858 e. The lowest BCUT2D eigenvalue weighted by atomic mass is 10.00. The van der Waals surface area contributed by atoms with Crippen molar-refractivity contribution in [3.05, 3.63) is 53.1 Å². The summed E-state index contributed by atoms with van der Waals surface area (Å²) in [7, 11) is 0. The predicted molar refractivity (Wildman–Crippen MR) is 74.2 cm³/mol. The molecule has 0 atom stereocenters. The topological polar surface area (TPSA) is 0 Å². The van der Waals surface area contributed by atoms with E-state index in [0.29, 0.717) is 0 Å². The predicted octanol–water partition coefficient (Wildman–Crippen LogP) is 3.88. The van der Waals surface area contributed by atoms with Gasteiger partial charge in [-0.05, 0) is 40.3 Å². The minimum atomic E-state index is 0.795. The van der Waals surface area contributed by atoms with Crippen molar-refractivity contribution < 1.29 is 0 Å². The SMILES string of the molecule is SCC=Cc1ccc2c3c(cccc13)CC2. The Morgan fingerprint density at radius 2 is 1.88 bits per heavy atom. The first kappa shape index (κ1) is 9.98. The van der Waals surface area contributed by atoms with Crippen molar-refractivity contribution >= 4 is 29.5 Å². The molecule has 0 fully saturated rings. The van der Waals surface area contributed by atoms with Crippen molar-refractivity contribution in [2.75, 3.05) is 5.75 Å². The van der Waals surface area contributed by atoms with E-state index in [0.717, 1.165) is 5.75 Å². The second-order valence-electron chi connectivity index (χ2n) is 4.24. The van der Waals surface area contributed by atoms with Gasteiger partial charge in [0, 0.05) is 5.75 Å². The van der Waals surface area contributed by atoms with Crippen LogP contribution < -0.4 is 0 Å². The van der Waals surface area contributed by atoms with E-state index in [-0.39, 0.29) is 0 Å². The van der Waals surface area contributed by atoms with Crippen molar-refractivity contribution in [2.24, 2.45) is 0 Å². The Morgan fingerprint density at radius 3 is 2.69 bits per heavy atom. The van der Waals surface area contributed by atoms with E-state index in [1.54, 1.807) is 0 Å². The van der Waals surface area contributed by atoms with Crippen LogP contribution in [0.25, 0.3) is 16.8 Å². The summed E-state index contributed by atoms with van der Waals surface area (Å²) in [5.41, 5.74) is 4.33. The molecule has 3 rings (SSSR count). The maximum atomic E-state index is 4.21. The lowest BCUT2D eigenvalue weighted by molar-refractivity contribution is 1.02. The molecule has 2 aromatic carbocycles. The van der Waals surface area contributed by atoms with E-state index in [1.165, 1.54) is 40.3 Å². The molecule has 0 amide bonds. The van der Waals surface area contributed by atoms with Gasteiger partial charge in [-0.2, -0.15) is 12.6 Å². The van der Waals surface area contributed by atoms with Crippen molar-refractivity contribution in [3.8, 4) is 0 Å².